The first-order chi connectivity index (χ1) is 5.38. The fourth-order valence-corrected chi connectivity index (χ4v) is 0.711. The highest BCUT2D eigenvalue weighted by molar-refractivity contribution is 5.78. The molecule has 0 aromatic carbocycles. The lowest BCUT2D eigenvalue weighted by molar-refractivity contribution is 0.564. The van der Waals surface area contributed by atoms with Crippen molar-refractivity contribution in [3.05, 3.63) is 37.5 Å². The fraction of sp³-hybridized carbons (Fsp3) is 0. The summed E-state index contributed by atoms with van der Waals surface area (Å²) >= 11 is 0. The summed E-state index contributed by atoms with van der Waals surface area (Å²) in [6, 6.07) is 0. The van der Waals surface area contributed by atoms with Crippen molar-refractivity contribution in [3.63, 3.8) is 0 Å². The van der Waals surface area contributed by atoms with Crippen LogP contribution in [0.15, 0.2) is 37.5 Å². The number of imidazole rings is 1. The van der Waals surface area contributed by atoms with E-state index in [-0.39, 0.29) is 0 Å². The Bertz CT molecular complexity index is 272. The van der Waals surface area contributed by atoms with Crippen LogP contribution in [0.2, 0.25) is 0 Å². The van der Waals surface area contributed by atoms with E-state index < -0.39 is 0 Å². The normalized spacial score (nSPS) is 11.1. The first-order valence-corrected chi connectivity index (χ1v) is 3.07. The largest absolute Gasteiger partial charge is 0.306 e. The minimum Gasteiger partial charge on any atom is -0.306 e. The van der Waals surface area contributed by atoms with E-state index >= 15 is 0 Å². The summed E-state index contributed by atoms with van der Waals surface area (Å²) < 4.78 is 1.68. The summed E-state index contributed by atoms with van der Waals surface area (Å²) in [5.41, 5.74) is 0.664. The summed E-state index contributed by atoms with van der Waals surface area (Å²) in [5.74, 6) is 0. The molecule has 1 heterocycles. The van der Waals surface area contributed by atoms with E-state index in [4.69, 9.17) is 0 Å². The molecule has 3 nitrogen and oxygen atoms in total. The molecule has 0 amide bonds. The molecule has 1 rings (SSSR count). The molecule has 0 spiro atoms. The van der Waals surface area contributed by atoms with Crippen molar-refractivity contribution in [2.45, 2.75) is 0 Å². The quantitative estimate of drug-likeness (QED) is 0.472. The molecule has 1 aromatic heterocycles. The third kappa shape index (κ3) is 1.64. The number of carbonyl (C=O) groups excluding carboxylic acids is 1. The lowest BCUT2D eigenvalue weighted by Crippen LogP contribution is -1.89. The maximum Gasteiger partial charge on any atom is 0.227 e. The Balaban J connectivity index is 2.97. The maximum atomic E-state index is 9.99. The van der Waals surface area contributed by atoms with Crippen LogP contribution in [0.1, 0.15) is 0 Å². The van der Waals surface area contributed by atoms with Crippen LogP contribution >= 0.6 is 0 Å². The third-order valence-electron chi connectivity index (χ3n) is 1.22. The van der Waals surface area contributed by atoms with Crippen LogP contribution in [0, 0.1) is 0 Å². The molecule has 11 heavy (non-hydrogen) atoms. The molecule has 0 unspecified atom stereocenters. The molecule has 0 atom stereocenters. The molecule has 0 aliphatic rings. The van der Waals surface area contributed by atoms with Crippen LogP contribution in [0.25, 0.3) is 5.70 Å². The van der Waals surface area contributed by atoms with Crippen LogP contribution in [0.4, 0.5) is 0 Å². The third-order valence-corrected chi connectivity index (χ3v) is 1.22. The van der Waals surface area contributed by atoms with Gasteiger partial charge >= 0.3 is 0 Å². The van der Waals surface area contributed by atoms with E-state index in [0.29, 0.717) is 5.70 Å². The van der Waals surface area contributed by atoms with Crippen LogP contribution in [-0.4, -0.2) is 15.8 Å². The lowest BCUT2D eigenvalue weighted by atomic mass is 10.4. The standard InChI is InChI=1S/C8H7N2O/c1-2-8(3-6-11)10-5-4-9-7-10/h2-5,7H,1H2. The Kier molecular flexibility index (Phi) is 2.38. The second-order valence-electron chi connectivity index (χ2n) is 1.86. The second kappa shape index (κ2) is 3.51. The predicted molar refractivity (Wildman–Crippen MR) is 42.4 cm³/mol. The first-order valence-electron chi connectivity index (χ1n) is 3.07. The number of rotatable bonds is 3. The van der Waals surface area contributed by atoms with Crippen molar-refractivity contribution in [1.29, 1.82) is 0 Å². The zero-order valence-electron chi connectivity index (χ0n) is 5.90. The molecule has 0 saturated carbocycles. The fourth-order valence-electron chi connectivity index (χ4n) is 0.711. The van der Waals surface area contributed by atoms with E-state index in [9.17, 15) is 4.79 Å². The highest BCUT2D eigenvalue weighted by Gasteiger charge is 1.91. The molecule has 1 radical (unpaired) electrons. The summed E-state index contributed by atoms with van der Waals surface area (Å²) in [5, 5.41) is 0. The van der Waals surface area contributed by atoms with Gasteiger partial charge < -0.3 is 4.57 Å². The molecule has 0 fully saturated rings. The van der Waals surface area contributed by atoms with Gasteiger partial charge in [-0.15, -0.1) is 0 Å². The van der Waals surface area contributed by atoms with Gasteiger partial charge in [0.2, 0.25) is 6.29 Å². The average molecular weight is 147 g/mol. The van der Waals surface area contributed by atoms with Gasteiger partial charge in [0, 0.05) is 24.2 Å². The van der Waals surface area contributed by atoms with Crippen molar-refractivity contribution in [2.24, 2.45) is 0 Å². The Morgan fingerprint density at radius 1 is 1.73 bits per heavy atom. The van der Waals surface area contributed by atoms with Crippen molar-refractivity contribution >= 4 is 12.0 Å². The van der Waals surface area contributed by atoms with Gasteiger partial charge in [0.1, 0.15) is 0 Å². The molecule has 0 bridgehead atoms. The number of hydrogen-bond donors (Lipinski definition) is 0. The van der Waals surface area contributed by atoms with Gasteiger partial charge in [-0.25, -0.2) is 4.98 Å². The molecule has 3 heteroatoms. The molecular formula is C8H7N2O. The van der Waals surface area contributed by atoms with Crippen molar-refractivity contribution in [3.8, 4) is 0 Å². The van der Waals surface area contributed by atoms with Crippen LogP contribution in [-0.2, 0) is 4.79 Å². The van der Waals surface area contributed by atoms with Gasteiger partial charge in [-0.1, -0.05) is 6.58 Å². The second-order valence-corrected chi connectivity index (χ2v) is 1.86. The SMILES string of the molecule is C=CC(=C[C]=O)n1ccnc1. The van der Waals surface area contributed by atoms with Crippen molar-refractivity contribution < 1.29 is 4.79 Å². The number of allylic oxidation sites excluding steroid dienone is 3. The Hall–Kier alpha value is -1.64. The monoisotopic (exact) mass is 147 g/mol. The minimum atomic E-state index is 0.664. The zero-order chi connectivity index (χ0) is 8.10. The number of nitrogens with zero attached hydrogens (tertiary/aromatic N) is 2. The average Bonchev–Trinajstić information content (AvgIpc) is 2.52. The summed E-state index contributed by atoms with van der Waals surface area (Å²) in [6.45, 7) is 3.54. The topological polar surface area (TPSA) is 34.9 Å². The highest BCUT2D eigenvalue weighted by atomic mass is 16.1. The van der Waals surface area contributed by atoms with Gasteiger partial charge in [0.05, 0.1) is 6.33 Å². The Morgan fingerprint density at radius 2 is 2.55 bits per heavy atom. The number of hydrogen-bond acceptors (Lipinski definition) is 2. The molecular weight excluding hydrogens is 140 g/mol. The summed E-state index contributed by atoms with van der Waals surface area (Å²) in [4.78, 5) is 13.8. The minimum absolute atomic E-state index is 0.664. The van der Waals surface area contributed by atoms with E-state index in [0.717, 1.165) is 0 Å². The van der Waals surface area contributed by atoms with Gasteiger partial charge in [-0.05, 0) is 6.08 Å². The zero-order valence-corrected chi connectivity index (χ0v) is 5.90. The molecule has 0 aliphatic carbocycles. The number of aromatic nitrogens is 2. The van der Waals surface area contributed by atoms with Crippen LogP contribution in [0.5, 0.6) is 0 Å². The van der Waals surface area contributed by atoms with Crippen LogP contribution in [0.3, 0.4) is 0 Å². The molecule has 55 valence electrons. The molecule has 0 saturated heterocycles. The van der Waals surface area contributed by atoms with Gasteiger partial charge in [-0.2, -0.15) is 0 Å². The van der Waals surface area contributed by atoms with Gasteiger partial charge in [0.25, 0.3) is 0 Å². The molecule has 0 N–H and O–H groups in total. The Morgan fingerprint density at radius 3 is 3.00 bits per heavy atom. The summed E-state index contributed by atoms with van der Waals surface area (Å²) in [7, 11) is 0. The van der Waals surface area contributed by atoms with E-state index in [1.807, 2.05) is 0 Å². The molecule has 1 aromatic rings. The van der Waals surface area contributed by atoms with Crippen molar-refractivity contribution in [1.82, 2.24) is 9.55 Å². The van der Waals surface area contributed by atoms with Crippen LogP contribution < -0.4 is 0 Å². The maximum absolute atomic E-state index is 9.99. The first kappa shape index (κ1) is 7.47. The van der Waals surface area contributed by atoms with E-state index in [1.54, 1.807) is 35.7 Å². The van der Waals surface area contributed by atoms with Gasteiger partial charge in [0.15, 0.2) is 0 Å². The Labute approximate surface area is 64.7 Å². The summed E-state index contributed by atoms with van der Waals surface area (Å²) in [6.07, 6.45) is 9.48. The van der Waals surface area contributed by atoms with E-state index in [2.05, 4.69) is 11.6 Å². The lowest BCUT2D eigenvalue weighted by Gasteiger charge is -1.97. The highest BCUT2D eigenvalue weighted by Crippen LogP contribution is 2.02. The van der Waals surface area contributed by atoms with E-state index in [1.165, 1.54) is 6.08 Å². The molecule has 0 aliphatic heterocycles. The van der Waals surface area contributed by atoms with Crippen molar-refractivity contribution in [2.75, 3.05) is 0 Å². The smallest absolute Gasteiger partial charge is 0.227 e. The predicted octanol–water partition coefficient (Wildman–Crippen LogP) is 1.02. The van der Waals surface area contributed by atoms with Gasteiger partial charge in [-0.3, -0.25) is 4.79 Å².